The van der Waals surface area contributed by atoms with E-state index in [9.17, 15) is 4.39 Å². The molecule has 0 atom stereocenters. The Labute approximate surface area is 137 Å². The van der Waals surface area contributed by atoms with Crippen LogP contribution in [0.3, 0.4) is 0 Å². The quantitative estimate of drug-likeness (QED) is 0.841. The number of hydrogen-bond acceptors (Lipinski definition) is 3. The SMILES string of the molecule is Cc1cc2ccc(N3CCN(C(C)C)CC3)nc2cc1F.Cl. The summed E-state index contributed by atoms with van der Waals surface area (Å²) in [6.07, 6.45) is 0. The molecule has 1 saturated heterocycles. The average Bonchev–Trinajstić information content (AvgIpc) is 2.48. The highest BCUT2D eigenvalue weighted by atomic mass is 35.5. The second-order valence-corrected chi connectivity index (χ2v) is 6.08. The molecule has 1 aliphatic heterocycles. The normalized spacial score (nSPS) is 16.1. The van der Waals surface area contributed by atoms with Gasteiger partial charge in [-0.05, 0) is 44.5 Å². The third-order valence-corrected chi connectivity index (χ3v) is 4.32. The van der Waals surface area contributed by atoms with E-state index in [1.54, 1.807) is 13.0 Å². The summed E-state index contributed by atoms with van der Waals surface area (Å²) >= 11 is 0. The summed E-state index contributed by atoms with van der Waals surface area (Å²) in [5.74, 6) is 0.769. The molecule has 3 rings (SSSR count). The van der Waals surface area contributed by atoms with Crippen molar-refractivity contribution in [3.8, 4) is 0 Å². The Morgan fingerprint density at radius 3 is 2.41 bits per heavy atom. The van der Waals surface area contributed by atoms with Crippen molar-refractivity contribution in [2.24, 2.45) is 0 Å². The number of aryl methyl sites for hydroxylation is 1. The van der Waals surface area contributed by atoms with E-state index in [2.05, 4.69) is 28.6 Å². The molecule has 0 N–H and O–H groups in total. The van der Waals surface area contributed by atoms with Gasteiger partial charge in [0.15, 0.2) is 0 Å². The van der Waals surface area contributed by atoms with Crippen LogP contribution in [0.1, 0.15) is 19.4 Å². The second-order valence-electron chi connectivity index (χ2n) is 6.08. The van der Waals surface area contributed by atoms with Crippen LogP contribution in [-0.2, 0) is 0 Å². The number of piperazine rings is 1. The monoisotopic (exact) mass is 323 g/mol. The van der Waals surface area contributed by atoms with Gasteiger partial charge in [-0.15, -0.1) is 12.4 Å². The minimum Gasteiger partial charge on any atom is -0.354 e. The Hall–Kier alpha value is -1.39. The zero-order valence-corrected chi connectivity index (χ0v) is 14.2. The molecule has 22 heavy (non-hydrogen) atoms. The minimum atomic E-state index is -0.184. The highest BCUT2D eigenvalue weighted by molar-refractivity contribution is 5.85. The Bertz CT molecular complexity index is 652. The van der Waals surface area contributed by atoms with Crippen LogP contribution in [0, 0.1) is 12.7 Å². The first-order valence-electron chi connectivity index (χ1n) is 7.60. The van der Waals surface area contributed by atoms with Crippen molar-refractivity contribution in [2.75, 3.05) is 31.1 Å². The summed E-state index contributed by atoms with van der Waals surface area (Å²) in [6.45, 7) is 10.3. The number of nitrogens with zero attached hydrogens (tertiary/aromatic N) is 3. The van der Waals surface area contributed by atoms with Crippen molar-refractivity contribution in [3.05, 3.63) is 35.6 Å². The lowest BCUT2D eigenvalue weighted by molar-refractivity contribution is 0.209. The summed E-state index contributed by atoms with van der Waals surface area (Å²) < 4.78 is 13.7. The first-order chi connectivity index (χ1) is 10.0. The number of fused-ring (bicyclic) bond motifs is 1. The van der Waals surface area contributed by atoms with E-state index in [-0.39, 0.29) is 18.2 Å². The van der Waals surface area contributed by atoms with Gasteiger partial charge in [-0.3, -0.25) is 4.90 Å². The van der Waals surface area contributed by atoms with E-state index in [4.69, 9.17) is 0 Å². The van der Waals surface area contributed by atoms with E-state index < -0.39 is 0 Å². The Balaban J connectivity index is 0.00000176. The number of aromatic nitrogens is 1. The maximum Gasteiger partial charge on any atom is 0.129 e. The maximum absolute atomic E-state index is 13.7. The van der Waals surface area contributed by atoms with Gasteiger partial charge in [0.2, 0.25) is 0 Å². The fourth-order valence-corrected chi connectivity index (χ4v) is 2.89. The molecule has 3 nitrogen and oxygen atoms in total. The molecular formula is C17H23ClFN3. The maximum atomic E-state index is 13.7. The van der Waals surface area contributed by atoms with Gasteiger partial charge in [0.1, 0.15) is 11.6 Å². The van der Waals surface area contributed by atoms with Gasteiger partial charge in [0, 0.05) is 43.7 Å². The number of benzene rings is 1. The molecule has 0 spiro atoms. The van der Waals surface area contributed by atoms with E-state index >= 15 is 0 Å². The molecule has 0 saturated carbocycles. The molecule has 1 fully saturated rings. The van der Waals surface area contributed by atoms with Crippen LogP contribution in [0.5, 0.6) is 0 Å². The number of halogens is 2. The van der Waals surface area contributed by atoms with Crippen LogP contribution >= 0.6 is 12.4 Å². The second kappa shape index (κ2) is 6.80. The standard InChI is InChI=1S/C17H22FN3.ClH/c1-12(2)20-6-8-21(9-7-20)17-5-4-14-10-13(3)15(18)11-16(14)19-17;/h4-5,10-12H,6-9H2,1-3H3;1H. The van der Waals surface area contributed by atoms with Crippen LogP contribution in [0.4, 0.5) is 10.2 Å². The summed E-state index contributed by atoms with van der Waals surface area (Å²) in [7, 11) is 0. The van der Waals surface area contributed by atoms with E-state index in [1.165, 1.54) is 0 Å². The first kappa shape index (κ1) is 17.0. The molecule has 0 unspecified atom stereocenters. The molecule has 0 bridgehead atoms. The zero-order chi connectivity index (χ0) is 15.0. The molecule has 0 radical (unpaired) electrons. The van der Waals surface area contributed by atoms with E-state index in [1.807, 2.05) is 18.2 Å². The largest absolute Gasteiger partial charge is 0.354 e. The molecule has 0 amide bonds. The number of pyridine rings is 1. The smallest absolute Gasteiger partial charge is 0.129 e. The van der Waals surface area contributed by atoms with Crippen LogP contribution in [0.15, 0.2) is 24.3 Å². The molecule has 2 aromatic rings. The van der Waals surface area contributed by atoms with Crippen molar-refractivity contribution >= 4 is 29.1 Å². The average molecular weight is 324 g/mol. The van der Waals surface area contributed by atoms with Gasteiger partial charge in [-0.25, -0.2) is 9.37 Å². The van der Waals surface area contributed by atoms with Gasteiger partial charge in [0.25, 0.3) is 0 Å². The summed E-state index contributed by atoms with van der Waals surface area (Å²) in [4.78, 5) is 9.40. The summed E-state index contributed by atoms with van der Waals surface area (Å²) in [5.41, 5.74) is 1.41. The topological polar surface area (TPSA) is 19.4 Å². The Morgan fingerprint density at radius 2 is 1.77 bits per heavy atom. The molecule has 1 aromatic heterocycles. The van der Waals surface area contributed by atoms with Gasteiger partial charge < -0.3 is 4.90 Å². The molecule has 2 heterocycles. The van der Waals surface area contributed by atoms with Crippen molar-refractivity contribution in [1.29, 1.82) is 0 Å². The third kappa shape index (κ3) is 3.33. The van der Waals surface area contributed by atoms with Gasteiger partial charge in [-0.1, -0.05) is 0 Å². The minimum absolute atomic E-state index is 0. The number of hydrogen-bond donors (Lipinski definition) is 0. The number of rotatable bonds is 2. The molecule has 0 aliphatic carbocycles. The van der Waals surface area contributed by atoms with Gasteiger partial charge in [0.05, 0.1) is 5.52 Å². The predicted molar refractivity (Wildman–Crippen MR) is 92.6 cm³/mol. The van der Waals surface area contributed by atoms with E-state index in [0.717, 1.165) is 42.9 Å². The Morgan fingerprint density at radius 1 is 1.09 bits per heavy atom. The lowest BCUT2D eigenvalue weighted by Crippen LogP contribution is -2.49. The van der Waals surface area contributed by atoms with Gasteiger partial charge in [-0.2, -0.15) is 0 Å². The number of anilines is 1. The van der Waals surface area contributed by atoms with Crippen LogP contribution in [-0.4, -0.2) is 42.1 Å². The highest BCUT2D eigenvalue weighted by Gasteiger charge is 2.19. The molecule has 5 heteroatoms. The fourth-order valence-electron chi connectivity index (χ4n) is 2.89. The summed E-state index contributed by atoms with van der Waals surface area (Å²) in [5, 5.41) is 0.999. The van der Waals surface area contributed by atoms with Crippen molar-refractivity contribution < 1.29 is 4.39 Å². The molecule has 1 aliphatic rings. The lowest BCUT2D eigenvalue weighted by atomic mass is 10.1. The lowest BCUT2D eigenvalue weighted by Gasteiger charge is -2.37. The van der Waals surface area contributed by atoms with Gasteiger partial charge >= 0.3 is 0 Å². The highest BCUT2D eigenvalue weighted by Crippen LogP contribution is 2.22. The predicted octanol–water partition coefficient (Wildman–Crippen LogP) is 3.63. The van der Waals surface area contributed by atoms with Crippen LogP contribution in [0.2, 0.25) is 0 Å². The van der Waals surface area contributed by atoms with Crippen LogP contribution in [0.25, 0.3) is 10.9 Å². The first-order valence-corrected chi connectivity index (χ1v) is 7.60. The molecule has 1 aromatic carbocycles. The summed E-state index contributed by atoms with van der Waals surface area (Å²) in [6, 6.07) is 8.08. The Kier molecular flexibility index (Phi) is 5.24. The fraction of sp³-hybridized carbons (Fsp3) is 0.471. The van der Waals surface area contributed by atoms with Crippen molar-refractivity contribution in [3.63, 3.8) is 0 Å². The third-order valence-electron chi connectivity index (χ3n) is 4.32. The van der Waals surface area contributed by atoms with E-state index in [0.29, 0.717) is 11.6 Å². The zero-order valence-electron chi connectivity index (χ0n) is 13.3. The van der Waals surface area contributed by atoms with Crippen molar-refractivity contribution in [2.45, 2.75) is 26.8 Å². The van der Waals surface area contributed by atoms with Crippen LogP contribution < -0.4 is 4.90 Å². The molecule has 120 valence electrons. The molecular weight excluding hydrogens is 301 g/mol. The van der Waals surface area contributed by atoms with Crippen molar-refractivity contribution in [1.82, 2.24) is 9.88 Å².